The van der Waals surface area contributed by atoms with Gasteiger partial charge in [0.2, 0.25) is 0 Å². The Hall–Kier alpha value is -2.37. The molecule has 0 aromatic heterocycles. The van der Waals surface area contributed by atoms with Crippen molar-refractivity contribution in [3.63, 3.8) is 0 Å². The SMILES string of the molecule is O/C=C/[P+](c1ccccc1)(c1ccccc1)c1ccccc1. The van der Waals surface area contributed by atoms with E-state index in [0.29, 0.717) is 0 Å². The third-order valence-corrected chi connectivity index (χ3v) is 7.70. The molecule has 0 heterocycles. The molecule has 1 nitrogen and oxygen atoms in total. The second kappa shape index (κ2) is 6.60. The summed E-state index contributed by atoms with van der Waals surface area (Å²) in [6, 6.07) is 31.3. The van der Waals surface area contributed by atoms with Crippen molar-refractivity contribution in [1.82, 2.24) is 0 Å². The standard InChI is InChI=1S/C20H17OP/c21-16-17-22(18-10-4-1-5-11-18,19-12-6-2-7-13-19)20-14-8-3-9-15-20/h1-17H/p+1/b17-16+. The number of hydrogen-bond acceptors (Lipinski definition) is 1. The lowest BCUT2D eigenvalue weighted by Gasteiger charge is -2.23. The van der Waals surface area contributed by atoms with Crippen LogP contribution in [-0.2, 0) is 0 Å². The minimum Gasteiger partial charge on any atom is -0.512 e. The smallest absolute Gasteiger partial charge is 0.140 e. The molecule has 0 spiro atoms. The van der Waals surface area contributed by atoms with Gasteiger partial charge in [0.15, 0.2) is 0 Å². The van der Waals surface area contributed by atoms with Crippen molar-refractivity contribution >= 4 is 23.2 Å². The molecule has 3 aromatic rings. The maximum absolute atomic E-state index is 9.63. The topological polar surface area (TPSA) is 20.2 Å². The first-order valence-corrected chi connectivity index (χ1v) is 9.11. The molecule has 0 amide bonds. The fourth-order valence-electron chi connectivity index (χ4n) is 2.79. The van der Waals surface area contributed by atoms with Crippen LogP contribution in [0.1, 0.15) is 0 Å². The molecule has 0 aliphatic heterocycles. The highest BCUT2D eigenvalue weighted by atomic mass is 31.2. The van der Waals surface area contributed by atoms with Gasteiger partial charge in [0.05, 0.1) is 0 Å². The minimum absolute atomic E-state index is 1.20. The van der Waals surface area contributed by atoms with Gasteiger partial charge < -0.3 is 5.11 Å². The molecular weight excluding hydrogens is 287 g/mol. The van der Waals surface area contributed by atoms with Crippen LogP contribution in [0.15, 0.2) is 103 Å². The lowest BCUT2D eigenvalue weighted by atomic mass is 10.4. The van der Waals surface area contributed by atoms with E-state index in [2.05, 4.69) is 72.8 Å². The molecule has 2 heteroatoms. The number of benzene rings is 3. The third kappa shape index (κ3) is 2.56. The summed E-state index contributed by atoms with van der Waals surface area (Å²) in [5, 5.41) is 13.3. The molecule has 0 bridgehead atoms. The van der Waals surface area contributed by atoms with Crippen molar-refractivity contribution in [3.05, 3.63) is 103 Å². The fraction of sp³-hybridized carbons (Fsp3) is 0. The number of hydrogen-bond donors (Lipinski definition) is 1. The number of aliphatic hydroxyl groups excluding tert-OH is 1. The molecule has 0 aliphatic rings. The first-order valence-electron chi connectivity index (χ1n) is 7.25. The molecule has 0 unspecified atom stereocenters. The Morgan fingerprint density at radius 2 is 0.864 bits per heavy atom. The summed E-state index contributed by atoms with van der Waals surface area (Å²) in [4.78, 5) is 0. The number of rotatable bonds is 4. The van der Waals surface area contributed by atoms with E-state index in [1.54, 1.807) is 0 Å². The van der Waals surface area contributed by atoms with Crippen molar-refractivity contribution < 1.29 is 5.11 Å². The summed E-state index contributed by atoms with van der Waals surface area (Å²) in [6.45, 7) is 0. The predicted molar refractivity (Wildman–Crippen MR) is 96.9 cm³/mol. The second-order valence-electron chi connectivity index (χ2n) is 5.03. The van der Waals surface area contributed by atoms with Crippen LogP contribution in [0, 0.1) is 0 Å². The van der Waals surface area contributed by atoms with Crippen molar-refractivity contribution in [3.8, 4) is 0 Å². The fourth-order valence-corrected chi connectivity index (χ4v) is 6.33. The van der Waals surface area contributed by atoms with E-state index in [-0.39, 0.29) is 0 Å². The second-order valence-corrected chi connectivity index (χ2v) is 8.32. The Balaban J connectivity index is 2.34. The maximum atomic E-state index is 9.63. The lowest BCUT2D eigenvalue weighted by molar-refractivity contribution is 0.475. The third-order valence-electron chi connectivity index (χ3n) is 3.78. The van der Waals surface area contributed by atoms with Crippen LogP contribution in [0.2, 0.25) is 0 Å². The normalized spacial score (nSPS) is 11.6. The molecule has 0 saturated heterocycles. The maximum Gasteiger partial charge on any atom is 0.140 e. The van der Waals surface area contributed by atoms with Gasteiger partial charge in [0.1, 0.15) is 35.3 Å². The Labute approximate surface area is 131 Å². The van der Waals surface area contributed by atoms with Crippen LogP contribution in [0.4, 0.5) is 0 Å². The first-order chi connectivity index (χ1) is 10.9. The summed E-state index contributed by atoms with van der Waals surface area (Å²) in [5.41, 5.74) is 0. The zero-order valence-corrected chi connectivity index (χ0v) is 13.1. The van der Waals surface area contributed by atoms with Gasteiger partial charge in [-0.15, -0.1) is 0 Å². The van der Waals surface area contributed by atoms with Gasteiger partial charge in [-0.2, -0.15) is 0 Å². The summed E-state index contributed by atoms with van der Waals surface area (Å²) in [7, 11) is -1.98. The molecule has 0 radical (unpaired) electrons. The van der Waals surface area contributed by atoms with Crippen LogP contribution >= 0.6 is 7.26 Å². The van der Waals surface area contributed by atoms with E-state index in [4.69, 9.17) is 0 Å². The summed E-state index contributed by atoms with van der Waals surface area (Å²) < 4.78 is 0. The van der Waals surface area contributed by atoms with E-state index >= 15 is 0 Å². The van der Waals surface area contributed by atoms with Crippen LogP contribution in [0.3, 0.4) is 0 Å². The van der Waals surface area contributed by atoms with Crippen molar-refractivity contribution in [1.29, 1.82) is 0 Å². The molecule has 0 atom stereocenters. The quantitative estimate of drug-likeness (QED) is 0.570. The Morgan fingerprint density at radius 1 is 0.545 bits per heavy atom. The molecule has 1 N–H and O–H groups in total. The van der Waals surface area contributed by atoms with Gasteiger partial charge in [-0.25, -0.2) is 0 Å². The molecule has 108 valence electrons. The predicted octanol–water partition coefficient (Wildman–Crippen LogP) is 4.01. The van der Waals surface area contributed by atoms with E-state index in [9.17, 15) is 5.11 Å². The monoisotopic (exact) mass is 305 g/mol. The van der Waals surface area contributed by atoms with Gasteiger partial charge in [-0.1, -0.05) is 54.6 Å². The van der Waals surface area contributed by atoms with E-state index in [1.165, 1.54) is 22.2 Å². The summed E-state index contributed by atoms with van der Waals surface area (Å²) in [5.74, 6) is 1.97. The van der Waals surface area contributed by atoms with Gasteiger partial charge in [-0.3, -0.25) is 0 Å². The van der Waals surface area contributed by atoms with Gasteiger partial charge >= 0.3 is 0 Å². The Bertz CT molecular complexity index is 640. The van der Waals surface area contributed by atoms with E-state index in [0.717, 1.165) is 0 Å². The average molecular weight is 305 g/mol. The molecular formula is C20H18OP+. The molecule has 0 saturated carbocycles. The van der Waals surface area contributed by atoms with Crippen LogP contribution in [0.25, 0.3) is 0 Å². The summed E-state index contributed by atoms with van der Waals surface area (Å²) >= 11 is 0. The molecule has 3 rings (SSSR count). The Morgan fingerprint density at radius 3 is 1.14 bits per heavy atom. The molecule has 3 aromatic carbocycles. The lowest BCUT2D eigenvalue weighted by Crippen LogP contribution is -2.29. The highest BCUT2D eigenvalue weighted by Gasteiger charge is 2.43. The molecule has 22 heavy (non-hydrogen) atoms. The van der Waals surface area contributed by atoms with Crippen LogP contribution in [0.5, 0.6) is 0 Å². The zero-order chi connectivity index (χ0) is 15.3. The molecule has 0 fully saturated rings. The number of aliphatic hydroxyl groups is 1. The van der Waals surface area contributed by atoms with Crippen LogP contribution in [-0.4, -0.2) is 5.11 Å². The van der Waals surface area contributed by atoms with Crippen molar-refractivity contribution in [2.75, 3.05) is 0 Å². The summed E-state index contributed by atoms with van der Waals surface area (Å²) in [6.07, 6.45) is 1.20. The van der Waals surface area contributed by atoms with Gasteiger partial charge in [-0.05, 0) is 36.4 Å². The zero-order valence-electron chi connectivity index (χ0n) is 12.2. The van der Waals surface area contributed by atoms with Crippen LogP contribution < -0.4 is 15.9 Å². The van der Waals surface area contributed by atoms with E-state index < -0.39 is 7.26 Å². The van der Waals surface area contributed by atoms with E-state index in [1.807, 2.05) is 24.0 Å². The largest absolute Gasteiger partial charge is 0.512 e. The average Bonchev–Trinajstić information content (AvgIpc) is 2.62. The van der Waals surface area contributed by atoms with Gasteiger partial charge in [0.25, 0.3) is 0 Å². The Kier molecular flexibility index (Phi) is 4.37. The first kappa shape index (κ1) is 14.6. The van der Waals surface area contributed by atoms with Crippen molar-refractivity contribution in [2.45, 2.75) is 0 Å². The highest BCUT2D eigenvalue weighted by Crippen LogP contribution is 2.56. The minimum atomic E-state index is -1.98. The van der Waals surface area contributed by atoms with Gasteiger partial charge in [0, 0.05) is 0 Å². The van der Waals surface area contributed by atoms with Crippen molar-refractivity contribution in [2.24, 2.45) is 0 Å². The molecule has 0 aliphatic carbocycles. The highest BCUT2D eigenvalue weighted by molar-refractivity contribution is 7.98.